The molecular weight excluding hydrogens is 294 g/mol. The number of nitrogens with zero attached hydrogens (tertiary/aromatic N) is 1. The van der Waals surface area contributed by atoms with Gasteiger partial charge < -0.3 is 17.7 Å². The minimum absolute atomic E-state index is 0. The maximum Gasteiger partial charge on any atom is 0.0349 e. The summed E-state index contributed by atoms with van der Waals surface area (Å²) in [4.78, 5) is 2.42. The molecular formula is C15H28BNY-2. The summed E-state index contributed by atoms with van der Waals surface area (Å²) in [5, 5.41) is -0.0997. The third-order valence-corrected chi connectivity index (χ3v) is 4.13. The molecule has 0 aromatic heterocycles. The standard InChI is InChI=1S/C15H28BN.Y/c1-6-12(2)9-14-11-17(5)8-7-13(3)10-15(14,4)16;/h12-13H,1,6-11H2,2-5H3;/q-2;. The molecule has 1 aliphatic heterocycles. The van der Waals surface area contributed by atoms with Crippen LogP contribution in [0.25, 0.3) is 0 Å². The fraction of sp³-hybridized carbons (Fsp3) is 0.867. The van der Waals surface area contributed by atoms with Crippen LogP contribution in [0.3, 0.4) is 0 Å². The second-order valence-electron chi connectivity index (χ2n) is 6.45. The summed E-state index contributed by atoms with van der Waals surface area (Å²) in [5.41, 5.74) is 0. The molecule has 1 fully saturated rings. The number of rotatable bonds is 3. The SMILES string of the molecule is [B]C1(C)CC(C)CCN(C)C[C-]1CC(C)C[CH2-].[Y]. The van der Waals surface area contributed by atoms with Gasteiger partial charge in [0.1, 0.15) is 0 Å². The van der Waals surface area contributed by atoms with Crippen molar-refractivity contribution in [3.05, 3.63) is 12.8 Å². The van der Waals surface area contributed by atoms with Gasteiger partial charge in [-0.25, -0.2) is 0 Å². The van der Waals surface area contributed by atoms with E-state index < -0.39 is 0 Å². The Morgan fingerprint density at radius 3 is 2.72 bits per heavy atom. The molecule has 1 heterocycles. The van der Waals surface area contributed by atoms with Gasteiger partial charge in [0, 0.05) is 40.6 Å². The van der Waals surface area contributed by atoms with Crippen LogP contribution in [0.5, 0.6) is 0 Å². The summed E-state index contributed by atoms with van der Waals surface area (Å²) in [7, 11) is 8.77. The average Bonchev–Trinajstić information content (AvgIpc) is 2.23. The van der Waals surface area contributed by atoms with Crippen LogP contribution >= 0.6 is 0 Å². The predicted octanol–water partition coefficient (Wildman–Crippen LogP) is 3.52. The number of hydrogen-bond acceptors (Lipinski definition) is 1. The van der Waals surface area contributed by atoms with E-state index >= 15 is 0 Å². The average molecular weight is 322 g/mol. The number of likely N-dealkylation sites (tertiary alicyclic amines) is 1. The summed E-state index contributed by atoms with van der Waals surface area (Å²) >= 11 is 0. The molecule has 0 aliphatic carbocycles. The molecule has 0 bridgehead atoms. The maximum atomic E-state index is 6.56. The molecule has 1 rings (SSSR count). The van der Waals surface area contributed by atoms with Gasteiger partial charge in [-0.2, -0.15) is 18.2 Å². The van der Waals surface area contributed by atoms with Gasteiger partial charge in [-0.15, -0.1) is 6.54 Å². The van der Waals surface area contributed by atoms with Crippen LogP contribution in [0, 0.1) is 24.7 Å². The van der Waals surface area contributed by atoms with Gasteiger partial charge in [-0.05, 0) is 25.9 Å². The van der Waals surface area contributed by atoms with E-state index in [1.807, 2.05) is 0 Å². The maximum absolute atomic E-state index is 6.56. The Morgan fingerprint density at radius 1 is 1.56 bits per heavy atom. The Bertz CT molecular complexity index is 231. The molecule has 0 amide bonds. The van der Waals surface area contributed by atoms with Gasteiger partial charge in [-0.1, -0.05) is 33.1 Å². The van der Waals surface area contributed by atoms with Gasteiger partial charge in [0.05, 0.1) is 0 Å². The molecule has 0 spiro atoms. The molecule has 0 N–H and O–H groups in total. The van der Waals surface area contributed by atoms with E-state index in [0.717, 1.165) is 31.7 Å². The predicted molar refractivity (Wildman–Crippen MR) is 77.0 cm³/mol. The molecule has 1 saturated heterocycles. The fourth-order valence-electron chi connectivity index (χ4n) is 2.82. The summed E-state index contributed by atoms with van der Waals surface area (Å²) in [6, 6.07) is 0. The number of hydrogen-bond donors (Lipinski definition) is 0. The van der Waals surface area contributed by atoms with Crippen LogP contribution in [0.4, 0.5) is 0 Å². The van der Waals surface area contributed by atoms with Crippen molar-refractivity contribution < 1.29 is 32.7 Å². The molecule has 18 heavy (non-hydrogen) atoms. The molecule has 0 aromatic carbocycles. The zero-order chi connectivity index (χ0) is 13.1. The van der Waals surface area contributed by atoms with Crippen molar-refractivity contribution in [3.63, 3.8) is 0 Å². The second kappa shape index (κ2) is 8.42. The zero-order valence-corrected chi connectivity index (χ0v) is 15.5. The van der Waals surface area contributed by atoms with Crippen LogP contribution in [0.2, 0.25) is 5.31 Å². The largest absolute Gasteiger partial charge is 0.343 e. The molecule has 101 valence electrons. The van der Waals surface area contributed by atoms with E-state index in [0.29, 0.717) is 5.92 Å². The van der Waals surface area contributed by atoms with E-state index in [9.17, 15) is 0 Å². The first-order valence-corrected chi connectivity index (χ1v) is 6.97. The first kappa shape index (κ1) is 19.1. The molecule has 3 unspecified atom stereocenters. The second-order valence-corrected chi connectivity index (χ2v) is 6.45. The minimum Gasteiger partial charge on any atom is -0.343 e. The van der Waals surface area contributed by atoms with Crippen LogP contribution < -0.4 is 0 Å². The van der Waals surface area contributed by atoms with E-state index in [-0.39, 0.29) is 38.0 Å². The smallest absolute Gasteiger partial charge is 0.0349 e. The van der Waals surface area contributed by atoms with Crippen LogP contribution in [0.15, 0.2) is 0 Å². The molecule has 1 aliphatic rings. The molecule has 0 aromatic rings. The van der Waals surface area contributed by atoms with Gasteiger partial charge in [0.15, 0.2) is 0 Å². The van der Waals surface area contributed by atoms with E-state index in [1.54, 1.807) is 0 Å². The van der Waals surface area contributed by atoms with Gasteiger partial charge in [0.2, 0.25) is 0 Å². The first-order chi connectivity index (χ1) is 7.85. The van der Waals surface area contributed by atoms with Crippen molar-refractivity contribution in [1.82, 2.24) is 4.90 Å². The van der Waals surface area contributed by atoms with E-state index in [1.165, 1.54) is 18.9 Å². The van der Waals surface area contributed by atoms with Crippen LogP contribution in [-0.4, -0.2) is 32.9 Å². The summed E-state index contributed by atoms with van der Waals surface area (Å²) in [6.45, 7) is 13.1. The Kier molecular flexibility index (Phi) is 8.95. The van der Waals surface area contributed by atoms with E-state index in [2.05, 4.69) is 39.6 Å². The Labute approximate surface area is 141 Å². The van der Waals surface area contributed by atoms with Gasteiger partial charge >= 0.3 is 0 Å². The quantitative estimate of drug-likeness (QED) is 0.568. The third-order valence-electron chi connectivity index (χ3n) is 4.13. The molecule has 3 atom stereocenters. The third kappa shape index (κ3) is 6.05. The monoisotopic (exact) mass is 322 g/mol. The minimum atomic E-state index is -0.0997. The fourth-order valence-corrected chi connectivity index (χ4v) is 2.82. The summed E-state index contributed by atoms with van der Waals surface area (Å²) < 4.78 is 0. The van der Waals surface area contributed by atoms with Gasteiger partial charge in [0.25, 0.3) is 0 Å². The van der Waals surface area contributed by atoms with Crippen LogP contribution in [-0.2, 0) is 32.7 Å². The molecule has 1 nitrogen and oxygen atoms in total. The topological polar surface area (TPSA) is 3.24 Å². The summed E-state index contributed by atoms with van der Waals surface area (Å²) in [5.74, 6) is 2.89. The van der Waals surface area contributed by atoms with E-state index in [4.69, 9.17) is 7.85 Å². The molecule has 3 heteroatoms. The van der Waals surface area contributed by atoms with Crippen molar-refractivity contribution >= 4 is 7.85 Å². The Morgan fingerprint density at radius 2 is 2.17 bits per heavy atom. The van der Waals surface area contributed by atoms with Crippen molar-refractivity contribution in [1.29, 1.82) is 0 Å². The van der Waals surface area contributed by atoms with Crippen molar-refractivity contribution in [2.75, 3.05) is 20.1 Å². The normalized spacial score (nSPS) is 33.3. The van der Waals surface area contributed by atoms with Crippen molar-refractivity contribution in [2.24, 2.45) is 11.8 Å². The Balaban J connectivity index is 0.00000289. The Hall–Kier alpha value is 1.13. The van der Waals surface area contributed by atoms with Crippen molar-refractivity contribution in [3.8, 4) is 0 Å². The van der Waals surface area contributed by atoms with Gasteiger partial charge in [-0.3, -0.25) is 0 Å². The molecule has 3 radical (unpaired) electrons. The first-order valence-electron chi connectivity index (χ1n) is 6.97. The summed E-state index contributed by atoms with van der Waals surface area (Å²) in [6.07, 6.45) is 4.52. The van der Waals surface area contributed by atoms with Crippen molar-refractivity contribution in [2.45, 2.75) is 51.8 Å². The van der Waals surface area contributed by atoms with Crippen LogP contribution in [0.1, 0.15) is 46.5 Å². The zero-order valence-electron chi connectivity index (χ0n) is 12.7. The molecule has 0 saturated carbocycles.